The van der Waals surface area contributed by atoms with E-state index in [4.69, 9.17) is 0 Å². The van der Waals surface area contributed by atoms with Gasteiger partial charge in [-0.1, -0.05) is 20.8 Å². The Morgan fingerprint density at radius 1 is 1.20 bits per heavy atom. The first kappa shape index (κ1) is 20.8. The van der Waals surface area contributed by atoms with Gasteiger partial charge in [0.25, 0.3) is 0 Å². The van der Waals surface area contributed by atoms with Crippen LogP contribution in [-0.2, 0) is 13.0 Å². The molecule has 3 N–H and O–H groups in total. The van der Waals surface area contributed by atoms with Crippen LogP contribution < -0.4 is 5.32 Å². The number of piperazine rings is 1. The molecule has 0 spiro atoms. The average Bonchev–Trinajstić information content (AvgIpc) is 3.17. The Kier molecular flexibility index (Phi) is 5.75. The Balaban J connectivity index is 1.83. The Morgan fingerprint density at radius 3 is 2.70 bits per heavy atom. The van der Waals surface area contributed by atoms with E-state index in [-0.39, 0.29) is 11.3 Å². The van der Waals surface area contributed by atoms with Crippen molar-refractivity contribution in [2.24, 2.45) is 0 Å². The summed E-state index contributed by atoms with van der Waals surface area (Å²) in [7, 11) is 0. The number of hydrogen-bond acceptors (Lipinski definition) is 5. The lowest BCUT2D eigenvalue weighted by molar-refractivity contribution is 0.0451. The van der Waals surface area contributed by atoms with Crippen LogP contribution in [-0.4, -0.2) is 50.4 Å². The van der Waals surface area contributed by atoms with Gasteiger partial charge in [-0.05, 0) is 43.0 Å². The summed E-state index contributed by atoms with van der Waals surface area (Å²) in [4.78, 5) is 7.22. The Labute approximate surface area is 176 Å². The molecular formula is C23H30FN5O. The van der Waals surface area contributed by atoms with Crippen LogP contribution in [0.3, 0.4) is 0 Å². The minimum atomic E-state index is -0.485. The highest BCUT2D eigenvalue weighted by Crippen LogP contribution is 2.33. The first-order valence-corrected chi connectivity index (χ1v) is 10.8. The molecule has 160 valence electrons. The average molecular weight is 412 g/mol. The fourth-order valence-electron chi connectivity index (χ4n) is 4.69. The van der Waals surface area contributed by atoms with Crippen molar-refractivity contribution in [3.8, 4) is 17.0 Å². The minimum absolute atomic E-state index is 0.0937. The standard InChI is InChI=1S/C23H30FN5O/c1-4-19-21-15(13-29-10-9-25-14-23(29,5-2)6-3)11-20(26-22(21)28-27-19)17-8-7-16(30)12-18(17)24/h7-8,11-12,25,30H,4-6,9-10,13-14H2,1-3H3,(H,26,27,28). The fraction of sp³-hybridized carbons (Fsp3) is 0.478. The van der Waals surface area contributed by atoms with Crippen molar-refractivity contribution in [3.05, 3.63) is 41.3 Å². The van der Waals surface area contributed by atoms with Gasteiger partial charge in [-0.2, -0.15) is 5.10 Å². The van der Waals surface area contributed by atoms with Gasteiger partial charge in [0, 0.05) is 48.7 Å². The van der Waals surface area contributed by atoms with E-state index < -0.39 is 5.82 Å². The molecule has 0 amide bonds. The summed E-state index contributed by atoms with van der Waals surface area (Å²) >= 11 is 0. The van der Waals surface area contributed by atoms with Gasteiger partial charge in [-0.15, -0.1) is 0 Å². The highest BCUT2D eigenvalue weighted by molar-refractivity contribution is 5.85. The largest absolute Gasteiger partial charge is 0.508 e. The highest BCUT2D eigenvalue weighted by Gasteiger charge is 2.36. The molecule has 0 unspecified atom stereocenters. The maximum absolute atomic E-state index is 14.6. The van der Waals surface area contributed by atoms with E-state index >= 15 is 0 Å². The van der Waals surface area contributed by atoms with Crippen LogP contribution in [0.1, 0.15) is 44.9 Å². The maximum Gasteiger partial charge on any atom is 0.156 e. The van der Waals surface area contributed by atoms with Crippen molar-refractivity contribution in [1.29, 1.82) is 0 Å². The zero-order valence-electron chi connectivity index (χ0n) is 17.9. The van der Waals surface area contributed by atoms with Crippen molar-refractivity contribution in [3.63, 3.8) is 0 Å². The van der Waals surface area contributed by atoms with Gasteiger partial charge < -0.3 is 10.4 Å². The molecule has 0 bridgehead atoms. The highest BCUT2D eigenvalue weighted by atomic mass is 19.1. The first-order valence-electron chi connectivity index (χ1n) is 10.8. The molecule has 4 rings (SSSR count). The van der Waals surface area contributed by atoms with Crippen LogP contribution in [0.2, 0.25) is 0 Å². The van der Waals surface area contributed by atoms with E-state index in [0.717, 1.165) is 68.2 Å². The SMILES string of the molecule is CCc1n[nH]c2nc(-c3ccc(O)cc3F)cc(CN3CCNCC3(CC)CC)c12. The summed E-state index contributed by atoms with van der Waals surface area (Å²) in [5, 5.41) is 21.7. The van der Waals surface area contributed by atoms with Crippen LogP contribution in [0.25, 0.3) is 22.3 Å². The van der Waals surface area contributed by atoms with Gasteiger partial charge in [0.05, 0.1) is 11.4 Å². The van der Waals surface area contributed by atoms with Crippen molar-refractivity contribution in [2.45, 2.75) is 52.1 Å². The number of aromatic amines is 1. The Hall–Kier alpha value is -2.51. The second kappa shape index (κ2) is 8.32. The molecule has 7 heteroatoms. The van der Waals surface area contributed by atoms with E-state index in [1.807, 2.05) is 6.07 Å². The second-order valence-corrected chi connectivity index (χ2v) is 8.11. The van der Waals surface area contributed by atoms with Gasteiger partial charge >= 0.3 is 0 Å². The number of benzene rings is 1. The van der Waals surface area contributed by atoms with Crippen LogP contribution in [0.15, 0.2) is 24.3 Å². The van der Waals surface area contributed by atoms with Crippen LogP contribution >= 0.6 is 0 Å². The second-order valence-electron chi connectivity index (χ2n) is 8.11. The van der Waals surface area contributed by atoms with Crippen LogP contribution in [0, 0.1) is 5.82 Å². The molecule has 3 heterocycles. The molecule has 1 aliphatic rings. The minimum Gasteiger partial charge on any atom is -0.508 e. The number of halogens is 1. The summed E-state index contributed by atoms with van der Waals surface area (Å²) in [5.41, 5.74) is 3.81. The van der Waals surface area contributed by atoms with Gasteiger partial charge in [0.1, 0.15) is 11.6 Å². The normalized spacial score (nSPS) is 16.9. The van der Waals surface area contributed by atoms with Crippen molar-refractivity contribution >= 4 is 11.0 Å². The van der Waals surface area contributed by atoms with Gasteiger partial charge in [0.2, 0.25) is 0 Å². The lowest BCUT2D eigenvalue weighted by Crippen LogP contribution is -2.60. The smallest absolute Gasteiger partial charge is 0.156 e. The quantitative estimate of drug-likeness (QED) is 0.572. The molecule has 0 aliphatic carbocycles. The van der Waals surface area contributed by atoms with Crippen molar-refractivity contribution < 1.29 is 9.50 Å². The third kappa shape index (κ3) is 3.56. The van der Waals surface area contributed by atoms with Gasteiger partial charge in [-0.25, -0.2) is 9.37 Å². The zero-order chi connectivity index (χ0) is 21.3. The lowest BCUT2D eigenvalue weighted by atomic mass is 9.88. The lowest BCUT2D eigenvalue weighted by Gasteiger charge is -2.47. The zero-order valence-corrected chi connectivity index (χ0v) is 17.9. The van der Waals surface area contributed by atoms with E-state index in [1.165, 1.54) is 6.07 Å². The fourth-order valence-corrected chi connectivity index (χ4v) is 4.69. The molecule has 1 fully saturated rings. The number of aromatic nitrogens is 3. The van der Waals surface area contributed by atoms with E-state index in [1.54, 1.807) is 6.07 Å². The molecule has 1 saturated heterocycles. The van der Waals surface area contributed by atoms with Crippen LogP contribution in [0.4, 0.5) is 4.39 Å². The number of H-pyrrole nitrogens is 1. The molecule has 3 aromatic rings. The third-order valence-electron chi connectivity index (χ3n) is 6.61. The number of aryl methyl sites for hydroxylation is 1. The number of nitrogens with one attached hydrogen (secondary N) is 2. The molecule has 6 nitrogen and oxygen atoms in total. The van der Waals surface area contributed by atoms with E-state index in [2.05, 4.69) is 46.2 Å². The van der Waals surface area contributed by atoms with E-state index in [0.29, 0.717) is 16.9 Å². The Morgan fingerprint density at radius 2 is 2.00 bits per heavy atom. The first-order chi connectivity index (χ1) is 14.5. The summed E-state index contributed by atoms with van der Waals surface area (Å²) < 4.78 is 14.6. The molecule has 0 saturated carbocycles. The predicted octanol–water partition coefficient (Wildman–Crippen LogP) is 4.00. The van der Waals surface area contributed by atoms with Crippen LogP contribution in [0.5, 0.6) is 5.75 Å². The number of pyridine rings is 1. The number of fused-ring (bicyclic) bond motifs is 1. The molecular weight excluding hydrogens is 381 g/mol. The molecule has 1 aliphatic heterocycles. The van der Waals surface area contributed by atoms with Gasteiger partial charge in [0.15, 0.2) is 5.65 Å². The number of rotatable bonds is 6. The van der Waals surface area contributed by atoms with Crippen molar-refractivity contribution in [1.82, 2.24) is 25.4 Å². The predicted molar refractivity (Wildman–Crippen MR) is 117 cm³/mol. The number of nitrogens with zero attached hydrogens (tertiary/aromatic N) is 3. The molecule has 1 aromatic carbocycles. The summed E-state index contributed by atoms with van der Waals surface area (Å²) in [6.45, 7) is 10.2. The Bertz CT molecular complexity index is 1040. The molecule has 2 aromatic heterocycles. The summed E-state index contributed by atoms with van der Waals surface area (Å²) in [6, 6.07) is 6.18. The number of phenols is 1. The van der Waals surface area contributed by atoms with Gasteiger partial charge in [-0.3, -0.25) is 10.00 Å². The third-order valence-corrected chi connectivity index (χ3v) is 6.61. The molecule has 0 radical (unpaired) electrons. The number of phenolic OH excluding ortho intramolecular Hbond substituents is 1. The number of hydrogen-bond donors (Lipinski definition) is 3. The van der Waals surface area contributed by atoms with Crippen molar-refractivity contribution in [2.75, 3.05) is 19.6 Å². The molecule has 30 heavy (non-hydrogen) atoms. The summed E-state index contributed by atoms with van der Waals surface area (Å²) in [5.74, 6) is -0.578. The number of aromatic hydroxyl groups is 1. The van der Waals surface area contributed by atoms with E-state index in [9.17, 15) is 9.50 Å². The monoisotopic (exact) mass is 411 g/mol. The molecule has 0 atom stereocenters. The summed E-state index contributed by atoms with van der Waals surface area (Å²) in [6.07, 6.45) is 2.93. The topological polar surface area (TPSA) is 77.1 Å². The maximum atomic E-state index is 14.6.